The van der Waals surface area contributed by atoms with E-state index in [4.69, 9.17) is 0 Å². The van der Waals surface area contributed by atoms with E-state index >= 15 is 0 Å². The van der Waals surface area contributed by atoms with E-state index in [1.807, 2.05) is 0 Å². The van der Waals surface area contributed by atoms with Gasteiger partial charge in [-0.1, -0.05) is 6.42 Å². The maximum atomic E-state index is 11.2. The van der Waals surface area contributed by atoms with Crippen molar-refractivity contribution in [3.63, 3.8) is 0 Å². The van der Waals surface area contributed by atoms with Crippen LogP contribution >= 0.6 is 12.6 Å². The molecule has 1 rings (SSSR count). The van der Waals surface area contributed by atoms with Crippen molar-refractivity contribution in [3.8, 4) is 0 Å². The van der Waals surface area contributed by atoms with Gasteiger partial charge >= 0.3 is 0 Å². The van der Waals surface area contributed by atoms with Gasteiger partial charge in [-0.05, 0) is 19.3 Å². The summed E-state index contributed by atoms with van der Waals surface area (Å²) >= 11 is 4.37. The molecule has 1 amide bonds. The van der Waals surface area contributed by atoms with Gasteiger partial charge in [0.1, 0.15) is 0 Å². The van der Waals surface area contributed by atoms with Crippen LogP contribution in [0.3, 0.4) is 0 Å². The van der Waals surface area contributed by atoms with Crippen LogP contribution in [0, 0.1) is 5.92 Å². The Morgan fingerprint density at radius 2 is 2.27 bits per heavy atom. The third-order valence-electron chi connectivity index (χ3n) is 2.26. The molecule has 0 bridgehead atoms. The van der Waals surface area contributed by atoms with Crippen LogP contribution in [-0.2, 0) is 4.79 Å². The van der Waals surface area contributed by atoms with Gasteiger partial charge < -0.3 is 5.32 Å². The molecule has 2 unspecified atom stereocenters. The Balaban J connectivity index is 2.39. The van der Waals surface area contributed by atoms with Crippen molar-refractivity contribution in [2.75, 3.05) is 7.05 Å². The maximum Gasteiger partial charge on any atom is 0.222 e. The summed E-state index contributed by atoms with van der Waals surface area (Å²) in [5, 5.41) is 3.12. The highest BCUT2D eigenvalue weighted by Crippen LogP contribution is 2.27. The van der Waals surface area contributed by atoms with Gasteiger partial charge in [0.15, 0.2) is 0 Å². The fourth-order valence-electron chi connectivity index (χ4n) is 1.61. The van der Waals surface area contributed by atoms with Crippen LogP contribution in [-0.4, -0.2) is 18.2 Å². The number of hydrogen-bond donors (Lipinski definition) is 2. The molecule has 1 aliphatic carbocycles. The molecule has 1 fully saturated rings. The summed E-state index contributed by atoms with van der Waals surface area (Å²) in [6.45, 7) is 0. The van der Waals surface area contributed by atoms with Crippen molar-refractivity contribution in [2.45, 2.75) is 30.9 Å². The van der Waals surface area contributed by atoms with Gasteiger partial charge in [-0.3, -0.25) is 4.79 Å². The van der Waals surface area contributed by atoms with Crippen LogP contribution < -0.4 is 5.32 Å². The largest absolute Gasteiger partial charge is 0.359 e. The molecule has 11 heavy (non-hydrogen) atoms. The van der Waals surface area contributed by atoms with Crippen molar-refractivity contribution in [1.82, 2.24) is 5.32 Å². The zero-order chi connectivity index (χ0) is 8.27. The summed E-state index contributed by atoms with van der Waals surface area (Å²) in [6.07, 6.45) is 4.29. The summed E-state index contributed by atoms with van der Waals surface area (Å²) in [7, 11) is 1.70. The van der Waals surface area contributed by atoms with Crippen LogP contribution in [0.1, 0.15) is 25.7 Å². The lowest BCUT2D eigenvalue weighted by atomic mass is 9.88. The van der Waals surface area contributed by atoms with Gasteiger partial charge in [-0.25, -0.2) is 0 Å². The summed E-state index contributed by atoms with van der Waals surface area (Å²) in [4.78, 5) is 11.2. The van der Waals surface area contributed by atoms with E-state index in [-0.39, 0.29) is 11.8 Å². The van der Waals surface area contributed by atoms with Gasteiger partial charge in [-0.2, -0.15) is 12.6 Å². The molecule has 0 aromatic carbocycles. The van der Waals surface area contributed by atoms with Crippen molar-refractivity contribution in [3.05, 3.63) is 0 Å². The minimum absolute atomic E-state index is 0.184. The molecule has 0 saturated heterocycles. The number of rotatable bonds is 1. The molecule has 0 heterocycles. The minimum atomic E-state index is 0.184. The zero-order valence-electron chi connectivity index (χ0n) is 6.84. The average Bonchev–Trinajstić information content (AvgIpc) is 2.03. The number of amides is 1. The Bertz CT molecular complexity index is 149. The van der Waals surface area contributed by atoms with Gasteiger partial charge in [0.05, 0.1) is 0 Å². The molecular formula is C8H15NOS. The molecule has 2 atom stereocenters. The summed E-state index contributed by atoms with van der Waals surface area (Å²) in [5.41, 5.74) is 0. The molecule has 1 saturated carbocycles. The summed E-state index contributed by atoms with van der Waals surface area (Å²) in [6, 6.07) is 0. The van der Waals surface area contributed by atoms with E-state index in [0.717, 1.165) is 25.7 Å². The van der Waals surface area contributed by atoms with Gasteiger partial charge in [0, 0.05) is 18.2 Å². The molecule has 1 N–H and O–H groups in total. The van der Waals surface area contributed by atoms with Crippen LogP contribution in [0.25, 0.3) is 0 Å². The van der Waals surface area contributed by atoms with E-state index in [1.165, 1.54) is 0 Å². The molecule has 0 aromatic rings. The number of carbonyl (C=O) groups is 1. The molecule has 64 valence electrons. The average molecular weight is 173 g/mol. The Labute approximate surface area is 73.2 Å². The Morgan fingerprint density at radius 1 is 1.55 bits per heavy atom. The summed E-state index contributed by atoms with van der Waals surface area (Å²) < 4.78 is 0. The molecule has 0 aliphatic heterocycles. The third-order valence-corrected chi connectivity index (χ3v) is 2.73. The number of carbonyl (C=O) groups excluding carboxylic acids is 1. The molecule has 3 heteroatoms. The van der Waals surface area contributed by atoms with Gasteiger partial charge in [0.25, 0.3) is 0 Å². The Hall–Kier alpha value is -0.180. The summed E-state index contributed by atoms with van der Waals surface area (Å²) in [5.74, 6) is 0.403. The first-order valence-electron chi connectivity index (χ1n) is 4.13. The first-order valence-corrected chi connectivity index (χ1v) is 4.65. The third kappa shape index (κ3) is 2.40. The van der Waals surface area contributed by atoms with Gasteiger partial charge in [-0.15, -0.1) is 0 Å². The van der Waals surface area contributed by atoms with E-state index in [2.05, 4.69) is 17.9 Å². The zero-order valence-corrected chi connectivity index (χ0v) is 7.73. The first-order chi connectivity index (χ1) is 5.24. The fourth-order valence-corrected chi connectivity index (χ4v) is 2.04. The van der Waals surface area contributed by atoms with Gasteiger partial charge in [0.2, 0.25) is 5.91 Å². The molecule has 0 aromatic heterocycles. The Morgan fingerprint density at radius 3 is 2.82 bits per heavy atom. The lowest BCUT2D eigenvalue weighted by molar-refractivity contribution is -0.125. The quantitative estimate of drug-likeness (QED) is 0.574. The topological polar surface area (TPSA) is 29.1 Å². The standard InChI is InChI=1S/C8H15NOS/c1-9-8(10)6-3-2-4-7(11)5-6/h6-7,11H,2-5H2,1H3,(H,9,10). The van der Waals surface area contributed by atoms with Crippen molar-refractivity contribution in [1.29, 1.82) is 0 Å². The predicted octanol–water partition coefficient (Wildman–Crippen LogP) is 1.22. The lowest BCUT2D eigenvalue weighted by Crippen LogP contribution is -2.31. The predicted molar refractivity (Wildman–Crippen MR) is 48.8 cm³/mol. The molecule has 2 nitrogen and oxygen atoms in total. The SMILES string of the molecule is CNC(=O)C1CCCC(S)C1. The van der Waals surface area contributed by atoms with Crippen LogP contribution in [0.4, 0.5) is 0 Å². The number of hydrogen-bond acceptors (Lipinski definition) is 2. The highest BCUT2D eigenvalue weighted by atomic mass is 32.1. The lowest BCUT2D eigenvalue weighted by Gasteiger charge is -2.24. The number of thiol groups is 1. The van der Waals surface area contributed by atoms with E-state index in [9.17, 15) is 4.79 Å². The fraction of sp³-hybridized carbons (Fsp3) is 0.875. The van der Waals surface area contributed by atoms with Crippen molar-refractivity contribution >= 4 is 18.5 Å². The van der Waals surface area contributed by atoms with Crippen LogP contribution in [0.5, 0.6) is 0 Å². The molecule has 0 radical (unpaired) electrons. The second-order valence-corrected chi connectivity index (χ2v) is 3.86. The normalized spacial score (nSPS) is 31.5. The molecule has 1 aliphatic rings. The highest BCUT2D eigenvalue weighted by molar-refractivity contribution is 7.80. The Kier molecular flexibility index (Phi) is 3.24. The van der Waals surface area contributed by atoms with Crippen LogP contribution in [0.15, 0.2) is 0 Å². The van der Waals surface area contributed by atoms with Crippen LogP contribution in [0.2, 0.25) is 0 Å². The molecular weight excluding hydrogens is 158 g/mol. The molecule has 0 spiro atoms. The van der Waals surface area contributed by atoms with E-state index in [1.54, 1.807) is 7.05 Å². The smallest absolute Gasteiger partial charge is 0.222 e. The second-order valence-electron chi connectivity index (χ2n) is 3.13. The van der Waals surface area contributed by atoms with Crippen molar-refractivity contribution < 1.29 is 4.79 Å². The minimum Gasteiger partial charge on any atom is -0.359 e. The monoisotopic (exact) mass is 173 g/mol. The van der Waals surface area contributed by atoms with E-state index in [0.29, 0.717) is 5.25 Å². The highest BCUT2D eigenvalue weighted by Gasteiger charge is 2.24. The number of nitrogens with one attached hydrogen (secondary N) is 1. The van der Waals surface area contributed by atoms with E-state index < -0.39 is 0 Å². The second kappa shape index (κ2) is 4.00. The van der Waals surface area contributed by atoms with Crippen molar-refractivity contribution in [2.24, 2.45) is 5.92 Å². The first kappa shape index (κ1) is 8.91. The maximum absolute atomic E-state index is 11.2.